The Morgan fingerprint density at radius 2 is 2.05 bits per heavy atom. The number of ether oxygens (including phenoxy) is 1. The summed E-state index contributed by atoms with van der Waals surface area (Å²) < 4.78 is 4.69. The summed E-state index contributed by atoms with van der Waals surface area (Å²) in [5, 5.41) is 9.36. The molecule has 7 heteroatoms. The molecule has 1 heterocycles. The van der Waals surface area contributed by atoms with E-state index in [1.54, 1.807) is 13.8 Å². The summed E-state index contributed by atoms with van der Waals surface area (Å²) in [6, 6.07) is -1.46. The molecule has 0 aliphatic carbocycles. The lowest BCUT2D eigenvalue weighted by Crippen LogP contribution is -2.58. The fourth-order valence-corrected chi connectivity index (χ4v) is 2.44. The van der Waals surface area contributed by atoms with Gasteiger partial charge in [-0.25, -0.2) is 9.59 Å². The van der Waals surface area contributed by atoms with Gasteiger partial charge in [0.15, 0.2) is 6.04 Å². The molecule has 0 saturated carbocycles. The van der Waals surface area contributed by atoms with Crippen molar-refractivity contribution in [3.63, 3.8) is 0 Å². The second-order valence-electron chi connectivity index (χ2n) is 4.51. The molecule has 0 aromatic carbocycles. The van der Waals surface area contributed by atoms with Crippen LogP contribution in [-0.2, 0) is 19.1 Å². The van der Waals surface area contributed by atoms with Gasteiger partial charge in [0.05, 0.1) is 6.61 Å². The number of carboxylic acid groups (broad SMARTS) is 1. The molecule has 2 unspecified atom stereocenters. The monoisotopic (exact) mass is 272 g/mol. The van der Waals surface area contributed by atoms with E-state index in [1.807, 2.05) is 0 Å². The summed E-state index contributed by atoms with van der Waals surface area (Å²) in [6.45, 7) is 3.73. The summed E-state index contributed by atoms with van der Waals surface area (Å²) in [7, 11) is 0. The maximum absolute atomic E-state index is 12.2. The molecule has 108 valence electrons. The fourth-order valence-electron chi connectivity index (χ4n) is 2.44. The zero-order valence-electron chi connectivity index (χ0n) is 11.2. The molecule has 2 atom stereocenters. The second kappa shape index (κ2) is 6.01. The largest absolute Gasteiger partial charge is 0.479 e. The van der Waals surface area contributed by atoms with Gasteiger partial charge in [0.2, 0.25) is 0 Å². The Hall–Kier alpha value is -1.63. The Bertz CT molecular complexity index is 384. The van der Waals surface area contributed by atoms with Crippen LogP contribution < -0.4 is 5.73 Å². The minimum atomic E-state index is -1.46. The van der Waals surface area contributed by atoms with Crippen molar-refractivity contribution in [3.8, 4) is 0 Å². The van der Waals surface area contributed by atoms with E-state index >= 15 is 0 Å². The van der Waals surface area contributed by atoms with Crippen LogP contribution >= 0.6 is 0 Å². The number of amides is 1. The molecular formula is C12H20N2O5. The van der Waals surface area contributed by atoms with E-state index in [1.165, 1.54) is 4.90 Å². The lowest BCUT2D eigenvalue weighted by molar-refractivity contribution is -0.161. The molecule has 19 heavy (non-hydrogen) atoms. The van der Waals surface area contributed by atoms with Gasteiger partial charge in [0, 0.05) is 6.54 Å². The van der Waals surface area contributed by atoms with E-state index < -0.39 is 29.4 Å². The minimum absolute atomic E-state index is 0.123. The van der Waals surface area contributed by atoms with Crippen LogP contribution in [0.25, 0.3) is 0 Å². The van der Waals surface area contributed by atoms with Crippen molar-refractivity contribution in [3.05, 3.63) is 0 Å². The van der Waals surface area contributed by atoms with Gasteiger partial charge in [-0.3, -0.25) is 4.79 Å². The van der Waals surface area contributed by atoms with Gasteiger partial charge in [-0.2, -0.15) is 0 Å². The highest BCUT2D eigenvalue weighted by molar-refractivity contribution is 6.03. The van der Waals surface area contributed by atoms with Crippen molar-refractivity contribution in [2.24, 2.45) is 5.73 Å². The van der Waals surface area contributed by atoms with E-state index in [-0.39, 0.29) is 13.0 Å². The molecule has 0 aromatic rings. The van der Waals surface area contributed by atoms with E-state index in [9.17, 15) is 19.5 Å². The molecule has 3 N–H and O–H groups in total. The molecule has 1 amide bonds. The first-order valence-electron chi connectivity index (χ1n) is 6.37. The van der Waals surface area contributed by atoms with Crippen LogP contribution in [0, 0.1) is 0 Å². The summed E-state index contributed by atoms with van der Waals surface area (Å²) in [6.07, 6.45) is 1.24. The average molecular weight is 272 g/mol. The zero-order valence-corrected chi connectivity index (χ0v) is 11.2. The molecule has 1 fully saturated rings. The van der Waals surface area contributed by atoms with Gasteiger partial charge in [-0.05, 0) is 26.2 Å². The van der Waals surface area contributed by atoms with Crippen molar-refractivity contribution in [2.45, 2.75) is 44.7 Å². The first-order valence-corrected chi connectivity index (χ1v) is 6.37. The zero-order chi connectivity index (χ0) is 14.6. The maximum atomic E-state index is 12.2. The Balaban J connectivity index is 2.92. The number of rotatable bonds is 5. The SMILES string of the molecule is CCOC(=O)C(N)C(=O)N1CCCC1(CC)C(=O)O. The van der Waals surface area contributed by atoms with Crippen molar-refractivity contribution >= 4 is 17.8 Å². The van der Waals surface area contributed by atoms with Crippen LogP contribution in [0.1, 0.15) is 33.1 Å². The number of hydrogen-bond donors (Lipinski definition) is 2. The normalized spacial score (nSPS) is 24.1. The van der Waals surface area contributed by atoms with Crippen LogP contribution in [0.4, 0.5) is 0 Å². The van der Waals surface area contributed by atoms with E-state index in [0.717, 1.165) is 0 Å². The maximum Gasteiger partial charge on any atom is 0.332 e. The number of hydrogen-bond acceptors (Lipinski definition) is 5. The second-order valence-corrected chi connectivity index (χ2v) is 4.51. The van der Waals surface area contributed by atoms with Gasteiger partial charge < -0.3 is 20.5 Å². The third kappa shape index (κ3) is 2.70. The minimum Gasteiger partial charge on any atom is -0.479 e. The fraction of sp³-hybridized carbons (Fsp3) is 0.750. The molecular weight excluding hydrogens is 252 g/mol. The van der Waals surface area contributed by atoms with Gasteiger partial charge in [0.1, 0.15) is 5.54 Å². The van der Waals surface area contributed by atoms with E-state index in [0.29, 0.717) is 19.4 Å². The van der Waals surface area contributed by atoms with Gasteiger partial charge >= 0.3 is 11.9 Å². The molecule has 1 saturated heterocycles. The molecule has 1 aliphatic rings. The van der Waals surface area contributed by atoms with E-state index in [2.05, 4.69) is 4.74 Å². The first kappa shape index (κ1) is 15.4. The highest BCUT2D eigenvalue weighted by Crippen LogP contribution is 2.33. The Kier molecular flexibility index (Phi) is 4.88. The first-order chi connectivity index (χ1) is 8.90. The van der Waals surface area contributed by atoms with Crippen molar-refractivity contribution in [1.29, 1.82) is 0 Å². The predicted octanol–water partition coefficient (Wildman–Crippen LogP) is -0.267. The smallest absolute Gasteiger partial charge is 0.332 e. The molecule has 1 aliphatic heterocycles. The summed E-state index contributed by atoms with van der Waals surface area (Å²) in [4.78, 5) is 36.3. The summed E-state index contributed by atoms with van der Waals surface area (Å²) in [5.41, 5.74) is 4.30. The topological polar surface area (TPSA) is 110 Å². The van der Waals surface area contributed by atoms with Gasteiger partial charge in [0.25, 0.3) is 5.91 Å². The molecule has 1 rings (SSSR count). The highest BCUT2D eigenvalue weighted by atomic mass is 16.5. The van der Waals surface area contributed by atoms with Crippen LogP contribution in [0.3, 0.4) is 0 Å². The molecule has 0 radical (unpaired) electrons. The van der Waals surface area contributed by atoms with Crippen LogP contribution in [0.15, 0.2) is 0 Å². The predicted molar refractivity (Wildman–Crippen MR) is 66.2 cm³/mol. The van der Waals surface area contributed by atoms with E-state index in [4.69, 9.17) is 5.73 Å². The third-order valence-corrected chi connectivity index (χ3v) is 3.54. The third-order valence-electron chi connectivity index (χ3n) is 3.54. The Morgan fingerprint density at radius 1 is 1.42 bits per heavy atom. The number of likely N-dealkylation sites (tertiary alicyclic amines) is 1. The highest BCUT2D eigenvalue weighted by Gasteiger charge is 2.50. The van der Waals surface area contributed by atoms with Crippen LogP contribution in [0.2, 0.25) is 0 Å². The Labute approximate surface area is 111 Å². The average Bonchev–Trinajstić information content (AvgIpc) is 2.82. The molecule has 0 spiro atoms. The molecule has 0 bridgehead atoms. The van der Waals surface area contributed by atoms with Crippen molar-refractivity contribution in [2.75, 3.05) is 13.2 Å². The lowest BCUT2D eigenvalue weighted by Gasteiger charge is -2.34. The number of nitrogens with two attached hydrogens (primary N) is 1. The number of nitrogens with zero attached hydrogens (tertiary/aromatic N) is 1. The molecule has 7 nitrogen and oxygen atoms in total. The Morgan fingerprint density at radius 3 is 2.53 bits per heavy atom. The number of aliphatic carboxylic acids is 1. The number of carbonyl (C=O) groups excluding carboxylic acids is 2. The quantitative estimate of drug-likeness (QED) is 0.526. The summed E-state index contributed by atoms with van der Waals surface area (Å²) in [5.74, 6) is -2.56. The lowest BCUT2D eigenvalue weighted by atomic mass is 9.92. The number of carboxylic acids is 1. The van der Waals surface area contributed by atoms with Crippen LogP contribution in [0.5, 0.6) is 0 Å². The van der Waals surface area contributed by atoms with Gasteiger partial charge in [-0.15, -0.1) is 0 Å². The van der Waals surface area contributed by atoms with Crippen LogP contribution in [-0.4, -0.2) is 52.6 Å². The number of carbonyl (C=O) groups is 3. The van der Waals surface area contributed by atoms with Crippen molar-refractivity contribution in [1.82, 2.24) is 4.90 Å². The van der Waals surface area contributed by atoms with Crippen molar-refractivity contribution < 1.29 is 24.2 Å². The number of esters is 1. The van der Waals surface area contributed by atoms with Gasteiger partial charge in [-0.1, -0.05) is 6.92 Å². The standard InChI is InChI=1S/C12H20N2O5/c1-3-12(11(17)18)6-5-7-14(12)9(15)8(13)10(16)19-4-2/h8H,3-7,13H2,1-2H3,(H,17,18). The molecule has 0 aromatic heterocycles. The summed E-state index contributed by atoms with van der Waals surface area (Å²) >= 11 is 0.